The van der Waals surface area contributed by atoms with Crippen molar-refractivity contribution in [3.8, 4) is 0 Å². The van der Waals surface area contributed by atoms with Gasteiger partial charge in [-0.25, -0.2) is 0 Å². The van der Waals surface area contributed by atoms with E-state index in [0.29, 0.717) is 0 Å². The SMILES string of the molecule is CCCCCCCCCCCCCC1CCN(CCCN)CCCN(C)CCCCN(C)CCCN1C. The third kappa shape index (κ3) is 20.4. The third-order valence-corrected chi connectivity index (χ3v) is 8.62. The monoisotopic (exact) mass is 524 g/mol. The first kappa shape index (κ1) is 34.8. The molecule has 0 aromatic rings. The fraction of sp³-hybridized carbons (Fsp3) is 1.00. The van der Waals surface area contributed by atoms with Crippen LogP contribution in [0.4, 0.5) is 0 Å². The normalized spacial score (nSPS) is 21.8. The lowest BCUT2D eigenvalue weighted by atomic mass is 10.0. The van der Waals surface area contributed by atoms with E-state index >= 15 is 0 Å². The lowest BCUT2D eigenvalue weighted by molar-refractivity contribution is 0.170. The summed E-state index contributed by atoms with van der Waals surface area (Å²) >= 11 is 0. The maximum Gasteiger partial charge on any atom is 0.0104 e. The molecule has 5 nitrogen and oxygen atoms in total. The van der Waals surface area contributed by atoms with Crippen LogP contribution in [0, 0.1) is 0 Å². The second-order valence-corrected chi connectivity index (χ2v) is 12.3. The summed E-state index contributed by atoms with van der Waals surface area (Å²) in [5.74, 6) is 0. The largest absolute Gasteiger partial charge is 0.330 e. The van der Waals surface area contributed by atoms with Crippen LogP contribution in [-0.2, 0) is 0 Å². The molecule has 1 fully saturated rings. The number of hydrogen-bond donors (Lipinski definition) is 1. The van der Waals surface area contributed by atoms with Gasteiger partial charge in [-0.05, 0) is 125 Å². The van der Waals surface area contributed by atoms with E-state index in [1.165, 1.54) is 162 Å². The zero-order valence-corrected chi connectivity index (χ0v) is 26.0. The molecule has 1 atom stereocenters. The molecule has 222 valence electrons. The summed E-state index contributed by atoms with van der Waals surface area (Å²) < 4.78 is 0. The van der Waals surface area contributed by atoms with Gasteiger partial charge in [-0.2, -0.15) is 0 Å². The Balaban J connectivity index is 2.49. The van der Waals surface area contributed by atoms with Crippen molar-refractivity contribution in [1.82, 2.24) is 19.6 Å². The first-order valence-corrected chi connectivity index (χ1v) is 16.6. The molecule has 1 unspecified atom stereocenters. The molecule has 0 amide bonds. The minimum atomic E-state index is 0.725. The van der Waals surface area contributed by atoms with Gasteiger partial charge in [0.05, 0.1) is 0 Å². The van der Waals surface area contributed by atoms with Crippen LogP contribution in [0.3, 0.4) is 0 Å². The number of nitrogens with zero attached hydrogens (tertiary/aromatic N) is 4. The average Bonchev–Trinajstić information content (AvgIpc) is 2.89. The third-order valence-electron chi connectivity index (χ3n) is 8.62. The van der Waals surface area contributed by atoms with Crippen LogP contribution >= 0.6 is 0 Å². The minimum Gasteiger partial charge on any atom is -0.330 e. The van der Waals surface area contributed by atoms with E-state index in [0.717, 1.165) is 19.0 Å². The number of unbranched alkanes of at least 4 members (excludes halogenated alkanes) is 10. The summed E-state index contributed by atoms with van der Waals surface area (Å²) in [6, 6.07) is 0.725. The van der Waals surface area contributed by atoms with E-state index in [2.05, 4.69) is 47.7 Å². The van der Waals surface area contributed by atoms with Crippen LogP contribution in [0.25, 0.3) is 0 Å². The van der Waals surface area contributed by atoms with E-state index in [4.69, 9.17) is 5.73 Å². The lowest BCUT2D eigenvalue weighted by Crippen LogP contribution is -2.38. The highest BCUT2D eigenvalue weighted by Crippen LogP contribution is 2.17. The zero-order chi connectivity index (χ0) is 27.0. The van der Waals surface area contributed by atoms with Gasteiger partial charge in [-0.1, -0.05) is 77.6 Å². The van der Waals surface area contributed by atoms with Crippen molar-refractivity contribution in [3.63, 3.8) is 0 Å². The molecule has 1 aliphatic heterocycles. The van der Waals surface area contributed by atoms with Crippen LogP contribution in [-0.4, -0.2) is 106 Å². The van der Waals surface area contributed by atoms with E-state index in [9.17, 15) is 0 Å². The lowest BCUT2D eigenvalue weighted by Gasteiger charge is -2.31. The fourth-order valence-corrected chi connectivity index (χ4v) is 5.94. The molecule has 0 spiro atoms. The Bertz CT molecular complexity index is 474. The summed E-state index contributed by atoms with van der Waals surface area (Å²) in [6.45, 7) is 12.9. The molecular formula is C32H69N5. The first-order valence-electron chi connectivity index (χ1n) is 16.6. The predicted molar refractivity (Wildman–Crippen MR) is 166 cm³/mol. The summed E-state index contributed by atoms with van der Waals surface area (Å²) in [5.41, 5.74) is 5.89. The Morgan fingerprint density at radius 2 is 1.08 bits per heavy atom. The summed E-state index contributed by atoms with van der Waals surface area (Å²) in [5, 5.41) is 0. The highest BCUT2D eigenvalue weighted by molar-refractivity contribution is 4.73. The van der Waals surface area contributed by atoms with Crippen LogP contribution in [0.15, 0.2) is 0 Å². The average molecular weight is 524 g/mol. The van der Waals surface area contributed by atoms with E-state index in [-0.39, 0.29) is 0 Å². The predicted octanol–water partition coefficient (Wildman–Crippen LogP) is 6.47. The zero-order valence-electron chi connectivity index (χ0n) is 26.0. The molecule has 1 aliphatic rings. The number of nitrogens with two attached hydrogens (primary N) is 1. The second-order valence-electron chi connectivity index (χ2n) is 12.3. The van der Waals surface area contributed by atoms with Crippen molar-refractivity contribution >= 4 is 0 Å². The topological polar surface area (TPSA) is 39.0 Å². The van der Waals surface area contributed by atoms with Gasteiger partial charge >= 0.3 is 0 Å². The smallest absolute Gasteiger partial charge is 0.0104 e. The highest BCUT2D eigenvalue weighted by atomic mass is 15.2. The molecule has 5 heteroatoms. The first-order chi connectivity index (χ1) is 18.1. The standard InChI is InChI=1S/C32H69N5/c1-5-6-7-8-9-10-11-12-13-14-15-21-32-22-31-37(29-18-23-33)30-20-27-35(3)25-17-16-24-34(2)26-19-28-36(32)4/h32H,5-31,33H2,1-4H3. The highest BCUT2D eigenvalue weighted by Gasteiger charge is 2.17. The van der Waals surface area contributed by atoms with Crippen LogP contribution in [0.5, 0.6) is 0 Å². The molecule has 0 aliphatic carbocycles. The van der Waals surface area contributed by atoms with Gasteiger partial charge in [0.15, 0.2) is 0 Å². The molecule has 1 saturated heterocycles. The van der Waals surface area contributed by atoms with Crippen molar-refractivity contribution in [1.29, 1.82) is 0 Å². The van der Waals surface area contributed by atoms with E-state index in [1.54, 1.807) is 0 Å². The summed E-state index contributed by atoms with van der Waals surface area (Å²) in [4.78, 5) is 10.5. The molecule has 0 bridgehead atoms. The van der Waals surface area contributed by atoms with Crippen LogP contribution in [0.1, 0.15) is 122 Å². The molecule has 0 aromatic heterocycles. The molecule has 0 aromatic carbocycles. The molecular weight excluding hydrogens is 454 g/mol. The van der Waals surface area contributed by atoms with Gasteiger partial charge < -0.3 is 25.3 Å². The minimum absolute atomic E-state index is 0.725. The van der Waals surface area contributed by atoms with Crippen molar-refractivity contribution in [2.75, 3.05) is 80.0 Å². The summed E-state index contributed by atoms with van der Waals surface area (Å²) in [7, 11) is 7.02. The van der Waals surface area contributed by atoms with E-state index < -0.39 is 0 Å². The maximum atomic E-state index is 5.89. The van der Waals surface area contributed by atoms with Crippen LogP contribution in [0.2, 0.25) is 0 Å². The molecule has 37 heavy (non-hydrogen) atoms. The Labute approximate surface area is 233 Å². The van der Waals surface area contributed by atoms with Crippen molar-refractivity contribution in [2.45, 2.75) is 129 Å². The molecule has 0 saturated carbocycles. The Hall–Kier alpha value is -0.200. The molecule has 0 radical (unpaired) electrons. The Morgan fingerprint density at radius 1 is 0.568 bits per heavy atom. The Kier molecular flexibility index (Phi) is 23.4. The van der Waals surface area contributed by atoms with Gasteiger partial charge in [0, 0.05) is 6.04 Å². The Morgan fingerprint density at radius 3 is 1.65 bits per heavy atom. The maximum absolute atomic E-state index is 5.89. The van der Waals surface area contributed by atoms with Gasteiger partial charge in [0.25, 0.3) is 0 Å². The van der Waals surface area contributed by atoms with Crippen molar-refractivity contribution in [3.05, 3.63) is 0 Å². The van der Waals surface area contributed by atoms with Crippen molar-refractivity contribution < 1.29 is 0 Å². The van der Waals surface area contributed by atoms with Gasteiger partial charge in [0.2, 0.25) is 0 Å². The summed E-state index contributed by atoms with van der Waals surface area (Å²) in [6.07, 6.45) is 24.8. The van der Waals surface area contributed by atoms with Crippen molar-refractivity contribution in [2.24, 2.45) is 5.73 Å². The van der Waals surface area contributed by atoms with Gasteiger partial charge in [-0.15, -0.1) is 0 Å². The second kappa shape index (κ2) is 24.8. The fourth-order valence-electron chi connectivity index (χ4n) is 5.94. The molecule has 2 N–H and O–H groups in total. The van der Waals surface area contributed by atoms with Gasteiger partial charge in [0.1, 0.15) is 0 Å². The van der Waals surface area contributed by atoms with Gasteiger partial charge in [-0.3, -0.25) is 0 Å². The number of rotatable bonds is 15. The van der Waals surface area contributed by atoms with E-state index in [1.807, 2.05) is 0 Å². The van der Waals surface area contributed by atoms with Crippen LogP contribution < -0.4 is 5.73 Å². The molecule has 1 rings (SSSR count). The molecule has 1 heterocycles. The number of hydrogen-bond acceptors (Lipinski definition) is 5. The quantitative estimate of drug-likeness (QED) is 0.249.